The fourth-order valence-corrected chi connectivity index (χ4v) is 3.57. The van der Waals surface area contributed by atoms with Crippen LogP contribution in [-0.2, 0) is 4.79 Å². The van der Waals surface area contributed by atoms with Gasteiger partial charge < -0.3 is 34.7 Å². The minimum absolute atomic E-state index is 0.323. The highest BCUT2D eigenvalue weighted by Crippen LogP contribution is 2.39. The van der Waals surface area contributed by atoms with Crippen LogP contribution in [0.3, 0.4) is 0 Å². The summed E-state index contributed by atoms with van der Waals surface area (Å²) in [6.07, 6.45) is 6.85. The molecular formula is C28H30N2O6. The maximum Gasteiger partial charge on any atom is 0.248 e. The highest BCUT2D eigenvalue weighted by atomic mass is 16.5. The van der Waals surface area contributed by atoms with Gasteiger partial charge in [0.15, 0.2) is 11.5 Å². The van der Waals surface area contributed by atoms with Gasteiger partial charge in [0, 0.05) is 11.6 Å². The quantitative estimate of drug-likeness (QED) is 0.231. The number of ether oxygens (including phenoxy) is 5. The van der Waals surface area contributed by atoms with Crippen LogP contribution in [-0.4, -0.2) is 41.5 Å². The van der Waals surface area contributed by atoms with Crippen molar-refractivity contribution in [3.8, 4) is 28.7 Å². The van der Waals surface area contributed by atoms with Crippen LogP contribution in [0.15, 0.2) is 54.6 Å². The van der Waals surface area contributed by atoms with E-state index in [9.17, 15) is 4.79 Å². The summed E-state index contributed by atoms with van der Waals surface area (Å²) >= 11 is 0. The van der Waals surface area contributed by atoms with E-state index >= 15 is 0 Å². The summed E-state index contributed by atoms with van der Waals surface area (Å²) in [6.45, 7) is 0. The number of methoxy groups -OCH3 is 5. The first kappa shape index (κ1) is 26.0. The number of nitrogens with one attached hydrogen (secondary N) is 1. The molecule has 8 heteroatoms. The van der Waals surface area contributed by atoms with Crippen LogP contribution in [0.4, 0.5) is 11.4 Å². The van der Waals surface area contributed by atoms with E-state index in [2.05, 4.69) is 5.32 Å². The summed E-state index contributed by atoms with van der Waals surface area (Å²) in [4.78, 5) is 12.7. The lowest BCUT2D eigenvalue weighted by molar-refractivity contribution is -0.111. The van der Waals surface area contributed by atoms with Crippen LogP contribution >= 0.6 is 0 Å². The molecule has 0 saturated heterocycles. The van der Waals surface area contributed by atoms with Gasteiger partial charge in [-0.05, 0) is 47.5 Å². The maximum atomic E-state index is 12.7. The molecular weight excluding hydrogens is 460 g/mol. The zero-order valence-electron chi connectivity index (χ0n) is 21.0. The Morgan fingerprint density at radius 3 is 1.97 bits per heavy atom. The molecule has 0 aromatic heterocycles. The fourth-order valence-electron chi connectivity index (χ4n) is 3.57. The first-order chi connectivity index (χ1) is 17.4. The van der Waals surface area contributed by atoms with Gasteiger partial charge >= 0.3 is 0 Å². The topological polar surface area (TPSA) is 101 Å². The number of carbonyl (C=O) groups is 1. The summed E-state index contributed by atoms with van der Waals surface area (Å²) in [5.41, 5.74) is 9.31. The van der Waals surface area contributed by atoms with Gasteiger partial charge in [0.2, 0.25) is 11.7 Å². The molecule has 1 amide bonds. The van der Waals surface area contributed by atoms with Crippen molar-refractivity contribution >= 4 is 35.5 Å². The third-order valence-corrected chi connectivity index (χ3v) is 5.35. The smallest absolute Gasteiger partial charge is 0.248 e. The molecule has 36 heavy (non-hydrogen) atoms. The Labute approximate surface area is 210 Å². The first-order valence-electron chi connectivity index (χ1n) is 11.0. The number of para-hydroxylation sites is 1. The summed E-state index contributed by atoms with van der Waals surface area (Å²) in [5.74, 6) is 2.37. The lowest BCUT2D eigenvalue weighted by Gasteiger charge is -2.13. The normalized spacial score (nSPS) is 10.9. The van der Waals surface area contributed by atoms with Crippen molar-refractivity contribution in [3.05, 3.63) is 71.3 Å². The first-order valence-corrected chi connectivity index (χ1v) is 11.0. The van der Waals surface area contributed by atoms with Crippen LogP contribution in [0, 0.1) is 0 Å². The number of benzene rings is 3. The number of nitrogens with two attached hydrogens (primary N) is 1. The highest BCUT2D eigenvalue weighted by Gasteiger charge is 2.13. The van der Waals surface area contributed by atoms with Crippen LogP contribution < -0.4 is 34.7 Å². The molecule has 8 nitrogen and oxygen atoms in total. The Morgan fingerprint density at radius 2 is 1.39 bits per heavy atom. The average molecular weight is 491 g/mol. The van der Waals surface area contributed by atoms with Gasteiger partial charge in [-0.3, -0.25) is 4.79 Å². The third-order valence-electron chi connectivity index (χ3n) is 5.35. The minimum atomic E-state index is -0.323. The number of nitrogen functional groups attached to an aromatic ring is 1. The van der Waals surface area contributed by atoms with Gasteiger partial charge in [-0.15, -0.1) is 0 Å². The van der Waals surface area contributed by atoms with Crippen molar-refractivity contribution in [1.29, 1.82) is 0 Å². The summed E-state index contributed by atoms with van der Waals surface area (Å²) in [5, 5.41) is 2.91. The van der Waals surface area contributed by atoms with E-state index in [-0.39, 0.29) is 5.91 Å². The molecule has 188 valence electrons. The molecule has 0 unspecified atom stereocenters. The molecule has 0 spiro atoms. The monoisotopic (exact) mass is 490 g/mol. The van der Waals surface area contributed by atoms with Crippen molar-refractivity contribution in [2.24, 2.45) is 0 Å². The van der Waals surface area contributed by atoms with Crippen LogP contribution in [0.5, 0.6) is 28.7 Å². The van der Waals surface area contributed by atoms with Crippen molar-refractivity contribution < 1.29 is 28.5 Å². The molecule has 3 aromatic carbocycles. The predicted octanol–water partition coefficient (Wildman–Crippen LogP) is 5.13. The Balaban J connectivity index is 1.87. The molecule has 0 fully saturated rings. The average Bonchev–Trinajstić information content (AvgIpc) is 2.90. The standard InChI is InChI=1S/C28H30N2O6/c1-32-22-13-10-18(15-21(22)29)11-14-26(31)30-27-20(7-6-8-23(27)33-2)12-9-19-16-24(34-3)28(36-5)25(17-19)35-4/h6-17H,29H2,1-5H3,(H,30,31)/b12-9?,14-11+. The Kier molecular flexibility index (Phi) is 8.83. The zero-order chi connectivity index (χ0) is 26.1. The van der Waals surface area contributed by atoms with Gasteiger partial charge in [0.1, 0.15) is 11.5 Å². The van der Waals surface area contributed by atoms with Crippen LogP contribution in [0.1, 0.15) is 16.7 Å². The molecule has 0 aliphatic rings. The van der Waals surface area contributed by atoms with E-state index in [1.807, 2.05) is 42.5 Å². The molecule has 0 saturated carbocycles. The molecule has 0 radical (unpaired) electrons. The van der Waals surface area contributed by atoms with E-state index in [1.165, 1.54) is 6.08 Å². The number of hydrogen-bond acceptors (Lipinski definition) is 7. The number of carbonyl (C=O) groups excluding carboxylic acids is 1. The van der Waals surface area contributed by atoms with E-state index in [1.54, 1.807) is 59.8 Å². The van der Waals surface area contributed by atoms with Gasteiger partial charge in [0.05, 0.1) is 46.9 Å². The van der Waals surface area contributed by atoms with E-state index in [4.69, 9.17) is 29.4 Å². The SMILES string of the molecule is COc1ccc(/C=C/C(=O)Nc2c(C=Cc3cc(OC)c(OC)c(OC)c3)cccc2OC)cc1N. The number of hydrogen-bond donors (Lipinski definition) is 2. The minimum Gasteiger partial charge on any atom is -0.495 e. The van der Waals surface area contributed by atoms with Crippen LogP contribution in [0.25, 0.3) is 18.2 Å². The molecule has 0 atom stereocenters. The van der Waals surface area contributed by atoms with Crippen molar-refractivity contribution in [2.75, 3.05) is 46.6 Å². The van der Waals surface area contributed by atoms with Crippen molar-refractivity contribution in [1.82, 2.24) is 0 Å². The number of rotatable bonds is 10. The largest absolute Gasteiger partial charge is 0.495 e. The van der Waals surface area contributed by atoms with Gasteiger partial charge in [-0.1, -0.05) is 30.4 Å². The second kappa shape index (κ2) is 12.2. The van der Waals surface area contributed by atoms with Gasteiger partial charge in [-0.2, -0.15) is 0 Å². The molecule has 3 aromatic rings. The predicted molar refractivity (Wildman–Crippen MR) is 143 cm³/mol. The van der Waals surface area contributed by atoms with E-state index in [0.717, 1.165) is 16.7 Å². The number of amides is 1. The Bertz CT molecular complexity index is 1260. The molecule has 0 heterocycles. The summed E-state index contributed by atoms with van der Waals surface area (Å²) in [6, 6.07) is 14.5. The maximum absolute atomic E-state index is 12.7. The number of anilines is 2. The van der Waals surface area contributed by atoms with Crippen LogP contribution in [0.2, 0.25) is 0 Å². The van der Waals surface area contributed by atoms with Crippen molar-refractivity contribution in [3.63, 3.8) is 0 Å². The molecule has 0 aliphatic heterocycles. The molecule has 3 N–H and O–H groups in total. The lowest BCUT2D eigenvalue weighted by Crippen LogP contribution is -2.10. The second-order valence-corrected chi connectivity index (χ2v) is 7.54. The Hall–Kier alpha value is -4.59. The zero-order valence-corrected chi connectivity index (χ0v) is 21.0. The molecule has 0 bridgehead atoms. The molecule has 0 aliphatic carbocycles. The fraction of sp³-hybridized carbons (Fsp3) is 0.179. The third kappa shape index (κ3) is 6.09. The second-order valence-electron chi connectivity index (χ2n) is 7.54. The lowest BCUT2D eigenvalue weighted by atomic mass is 10.1. The summed E-state index contributed by atoms with van der Waals surface area (Å²) in [7, 11) is 7.78. The summed E-state index contributed by atoms with van der Waals surface area (Å²) < 4.78 is 26.9. The van der Waals surface area contributed by atoms with Gasteiger partial charge in [-0.25, -0.2) is 0 Å². The van der Waals surface area contributed by atoms with E-state index in [0.29, 0.717) is 40.1 Å². The van der Waals surface area contributed by atoms with Gasteiger partial charge in [0.25, 0.3) is 0 Å². The van der Waals surface area contributed by atoms with E-state index < -0.39 is 0 Å². The Morgan fingerprint density at radius 1 is 0.722 bits per heavy atom. The molecule has 3 rings (SSSR count). The van der Waals surface area contributed by atoms with Crippen molar-refractivity contribution in [2.45, 2.75) is 0 Å². The highest BCUT2D eigenvalue weighted by molar-refractivity contribution is 6.04.